The van der Waals surface area contributed by atoms with Crippen LogP contribution >= 0.6 is 0 Å². The summed E-state index contributed by atoms with van der Waals surface area (Å²) in [6.07, 6.45) is 0. The van der Waals surface area contributed by atoms with Gasteiger partial charge in [-0.05, 0) is 27.7 Å². The SMILES string of the molecule is CC1NCc2[nH]n(C(C)(C)C)c(=O)c21. The van der Waals surface area contributed by atoms with E-state index in [1.807, 2.05) is 27.7 Å². The van der Waals surface area contributed by atoms with Gasteiger partial charge in [-0.1, -0.05) is 0 Å². The number of H-pyrrole nitrogens is 1. The second kappa shape index (κ2) is 2.73. The standard InChI is InChI=1S/C10H17N3O/c1-6-8-7(5-11-6)12-13(9(8)14)10(2,3)4/h6,11-12H,5H2,1-4H3. The molecule has 0 radical (unpaired) electrons. The summed E-state index contributed by atoms with van der Waals surface area (Å²) in [5.41, 5.74) is 1.89. The molecule has 1 aliphatic rings. The third kappa shape index (κ3) is 1.21. The zero-order chi connectivity index (χ0) is 10.5. The molecule has 2 heterocycles. The number of hydrogen-bond acceptors (Lipinski definition) is 2. The number of nitrogens with one attached hydrogen (secondary N) is 2. The van der Waals surface area contributed by atoms with Crippen LogP contribution in [0.15, 0.2) is 4.79 Å². The highest BCUT2D eigenvalue weighted by Crippen LogP contribution is 2.21. The quantitative estimate of drug-likeness (QED) is 0.651. The normalized spacial score (nSPS) is 21.3. The highest BCUT2D eigenvalue weighted by Gasteiger charge is 2.28. The maximum Gasteiger partial charge on any atom is 0.272 e. The minimum absolute atomic E-state index is 0.116. The van der Waals surface area contributed by atoms with Crippen molar-refractivity contribution >= 4 is 0 Å². The van der Waals surface area contributed by atoms with Crippen molar-refractivity contribution in [1.29, 1.82) is 0 Å². The van der Waals surface area contributed by atoms with Crippen LogP contribution in [0, 0.1) is 0 Å². The molecule has 4 heteroatoms. The lowest BCUT2D eigenvalue weighted by atomic mass is 10.1. The maximum atomic E-state index is 12.0. The van der Waals surface area contributed by atoms with E-state index in [0.29, 0.717) is 0 Å². The number of fused-ring (bicyclic) bond motifs is 1. The van der Waals surface area contributed by atoms with Gasteiger partial charge in [-0.2, -0.15) is 0 Å². The number of hydrogen-bond donors (Lipinski definition) is 2. The van der Waals surface area contributed by atoms with E-state index in [9.17, 15) is 4.79 Å². The van der Waals surface area contributed by atoms with Gasteiger partial charge in [-0.15, -0.1) is 0 Å². The molecule has 0 saturated heterocycles. The van der Waals surface area contributed by atoms with Crippen molar-refractivity contribution in [1.82, 2.24) is 15.1 Å². The predicted molar refractivity (Wildman–Crippen MR) is 55.3 cm³/mol. The predicted octanol–water partition coefficient (Wildman–Crippen LogP) is 1.10. The van der Waals surface area contributed by atoms with Gasteiger partial charge in [0.25, 0.3) is 5.56 Å². The molecule has 0 fully saturated rings. The number of rotatable bonds is 0. The van der Waals surface area contributed by atoms with Crippen LogP contribution in [0.1, 0.15) is 45.0 Å². The highest BCUT2D eigenvalue weighted by molar-refractivity contribution is 5.25. The number of nitrogens with zero attached hydrogens (tertiary/aromatic N) is 1. The molecular weight excluding hydrogens is 178 g/mol. The van der Waals surface area contributed by atoms with E-state index in [0.717, 1.165) is 17.8 Å². The minimum Gasteiger partial charge on any atom is -0.304 e. The fraction of sp³-hybridized carbons (Fsp3) is 0.700. The number of aromatic nitrogens is 2. The topological polar surface area (TPSA) is 49.8 Å². The molecule has 0 amide bonds. The van der Waals surface area contributed by atoms with Crippen LogP contribution in [-0.2, 0) is 12.1 Å². The van der Waals surface area contributed by atoms with Gasteiger partial charge in [0.05, 0.1) is 16.8 Å². The van der Waals surface area contributed by atoms with Crippen molar-refractivity contribution in [3.05, 3.63) is 21.6 Å². The molecule has 1 aromatic rings. The second-order valence-corrected chi connectivity index (χ2v) is 4.92. The van der Waals surface area contributed by atoms with Gasteiger partial charge in [0, 0.05) is 12.6 Å². The lowest BCUT2D eigenvalue weighted by Gasteiger charge is -2.19. The van der Waals surface area contributed by atoms with Gasteiger partial charge in [0.2, 0.25) is 0 Å². The summed E-state index contributed by atoms with van der Waals surface area (Å²) in [5.74, 6) is 0. The van der Waals surface area contributed by atoms with E-state index in [-0.39, 0.29) is 17.1 Å². The molecule has 2 N–H and O–H groups in total. The third-order valence-corrected chi connectivity index (χ3v) is 2.69. The minimum atomic E-state index is -0.166. The molecule has 1 atom stereocenters. The van der Waals surface area contributed by atoms with E-state index >= 15 is 0 Å². The molecule has 0 aromatic carbocycles. The average Bonchev–Trinajstić information content (AvgIpc) is 2.53. The summed E-state index contributed by atoms with van der Waals surface area (Å²) >= 11 is 0. The Kier molecular flexibility index (Phi) is 1.86. The summed E-state index contributed by atoms with van der Waals surface area (Å²) in [6.45, 7) is 8.87. The van der Waals surface area contributed by atoms with Crippen LogP contribution in [0.3, 0.4) is 0 Å². The Morgan fingerprint density at radius 2 is 2.07 bits per heavy atom. The summed E-state index contributed by atoms with van der Waals surface area (Å²) in [5, 5.41) is 6.41. The first-order valence-corrected chi connectivity index (χ1v) is 4.99. The van der Waals surface area contributed by atoms with Gasteiger partial charge >= 0.3 is 0 Å². The lowest BCUT2D eigenvalue weighted by Crippen LogP contribution is -2.34. The summed E-state index contributed by atoms with van der Waals surface area (Å²) in [4.78, 5) is 12.0. The largest absolute Gasteiger partial charge is 0.304 e. The van der Waals surface area contributed by atoms with E-state index < -0.39 is 0 Å². The number of aromatic amines is 1. The van der Waals surface area contributed by atoms with Crippen LogP contribution in [0.2, 0.25) is 0 Å². The van der Waals surface area contributed by atoms with Crippen LogP contribution in [-0.4, -0.2) is 9.78 Å². The van der Waals surface area contributed by atoms with Crippen molar-refractivity contribution in [2.75, 3.05) is 0 Å². The van der Waals surface area contributed by atoms with E-state index in [1.54, 1.807) is 4.68 Å². The fourth-order valence-corrected chi connectivity index (χ4v) is 1.91. The lowest BCUT2D eigenvalue weighted by molar-refractivity contribution is 0.340. The third-order valence-electron chi connectivity index (χ3n) is 2.69. The summed E-state index contributed by atoms with van der Waals surface area (Å²) in [7, 11) is 0. The molecule has 0 spiro atoms. The molecule has 1 unspecified atom stereocenters. The van der Waals surface area contributed by atoms with Gasteiger partial charge < -0.3 is 5.32 Å². The van der Waals surface area contributed by atoms with Crippen LogP contribution in [0.25, 0.3) is 0 Å². The van der Waals surface area contributed by atoms with Gasteiger partial charge in [-0.3, -0.25) is 9.89 Å². The molecule has 78 valence electrons. The van der Waals surface area contributed by atoms with Crippen molar-refractivity contribution in [2.45, 2.75) is 45.8 Å². The van der Waals surface area contributed by atoms with Crippen molar-refractivity contribution in [2.24, 2.45) is 0 Å². The van der Waals surface area contributed by atoms with E-state index in [1.165, 1.54) is 0 Å². The van der Waals surface area contributed by atoms with Crippen LogP contribution < -0.4 is 10.9 Å². The summed E-state index contributed by atoms with van der Waals surface area (Å²) in [6, 6.07) is 0.178. The molecule has 4 nitrogen and oxygen atoms in total. The molecule has 1 aliphatic heterocycles. The zero-order valence-corrected chi connectivity index (χ0v) is 9.14. The van der Waals surface area contributed by atoms with Gasteiger partial charge in [0.1, 0.15) is 0 Å². The first kappa shape index (κ1) is 9.52. The van der Waals surface area contributed by atoms with Crippen molar-refractivity contribution in [3.63, 3.8) is 0 Å². The smallest absolute Gasteiger partial charge is 0.272 e. The molecule has 2 rings (SSSR count). The Bertz CT molecular complexity index is 408. The zero-order valence-electron chi connectivity index (χ0n) is 9.14. The molecule has 14 heavy (non-hydrogen) atoms. The maximum absolute atomic E-state index is 12.0. The van der Waals surface area contributed by atoms with Crippen LogP contribution in [0.5, 0.6) is 0 Å². The first-order valence-electron chi connectivity index (χ1n) is 4.99. The second-order valence-electron chi connectivity index (χ2n) is 4.92. The highest BCUT2D eigenvalue weighted by atomic mass is 16.1. The van der Waals surface area contributed by atoms with Gasteiger partial charge in [-0.25, -0.2) is 4.68 Å². The van der Waals surface area contributed by atoms with Crippen LogP contribution in [0.4, 0.5) is 0 Å². The molecule has 0 bridgehead atoms. The Balaban J connectivity index is 2.59. The Morgan fingerprint density at radius 3 is 2.57 bits per heavy atom. The monoisotopic (exact) mass is 195 g/mol. The van der Waals surface area contributed by atoms with Gasteiger partial charge in [0.15, 0.2) is 0 Å². The Hall–Kier alpha value is -1.03. The van der Waals surface area contributed by atoms with Crippen molar-refractivity contribution < 1.29 is 0 Å². The van der Waals surface area contributed by atoms with E-state index in [4.69, 9.17) is 0 Å². The van der Waals surface area contributed by atoms with E-state index in [2.05, 4.69) is 10.4 Å². The molecule has 0 aliphatic carbocycles. The fourth-order valence-electron chi connectivity index (χ4n) is 1.91. The Morgan fingerprint density at radius 1 is 1.43 bits per heavy atom. The molecule has 1 aromatic heterocycles. The first-order chi connectivity index (χ1) is 6.41. The Labute approximate surface area is 83.3 Å². The molecular formula is C10H17N3O. The van der Waals surface area contributed by atoms with Crippen molar-refractivity contribution in [3.8, 4) is 0 Å². The summed E-state index contributed by atoms with van der Waals surface area (Å²) < 4.78 is 1.72. The average molecular weight is 195 g/mol. The molecule has 0 saturated carbocycles.